The Labute approximate surface area is 87.1 Å². The maximum atomic E-state index is 13.1. The van der Waals surface area contributed by atoms with E-state index in [2.05, 4.69) is 5.32 Å². The molecule has 0 saturated carbocycles. The molecule has 1 amide bonds. The van der Waals surface area contributed by atoms with Gasteiger partial charge in [0.25, 0.3) is 5.91 Å². The third kappa shape index (κ3) is 2.70. The van der Waals surface area contributed by atoms with Crippen molar-refractivity contribution < 1.29 is 9.18 Å². The van der Waals surface area contributed by atoms with Gasteiger partial charge in [0, 0.05) is 11.6 Å². The lowest BCUT2D eigenvalue weighted by Crippen LogP contribution is -2.24. The highest BCUT2D eigenvalue weighted by Crippen LogP contribution is 2.14. The van der Waals surface area contributed by atoms with E-state index >= 15 is 0 Å². The molecule has 0 aliphatic carbocycles. The minimum absolute atomic E-state index is 0.00838. The molecular formula is C10H11ClFNO. The Morgan fingerprint density at radius 3 is 2.93 bits per heavy atom. The van der Waals surface area contributed by atoms with Crippen LogP contribution in [-0.2, 0) is 0 Å². The van der Waals surface area contributed by atoms with E-state index in [0.29, 0.717) is 11.6 Å². The molecule has 0 atom stereocenters. The van der Waals surface area contributed by atoms with Crippen molar-refractivity contribution in [3.63, 3.8) is 0 Å². The lowest BCUT2D eigenvalue weighted by Gasteiger charge is -2.04. The summed E-state index contributed by atoms with van der Waals surface area (Å²) < 4.78 is 13.1. The molecule has 0 spiro atoms. The zero-order chi connectivity index (χ0) is 10.6. The molecule has 1 aromatic carbocycles. The molecule has 0 aromatic heterocycles. The molecule has 0 unspecified atom stereocenters. The van der Waals surface area contributed by atoms with Gasteiger partial charge in [0.1, 0.15) is 5.82 Å². The fourth-order valence-electron chi connectivity index (χ4n) is 1.01. The normalized spacial score (nSPS) is 9.93. The number of nitrogens with one attached hydrogen (secondary N) is 1. The highest BCUT2D eigenvalue weighted by atomic mass is 35.5. The van der Waals surface area contributed by atoms with E-state index in [0.717, 1.165) is 6.42 Å². The third-order valence-corrected chi connectivity index (χ3v) is 1.94. The summed E-state index contributed by atoms with van der Waals surface area (Å²) in [4.78, 5) is 11.4. The van der Waals surface area contributed by atoms with Gasteiger partial charge in [-0.15, -0.1) is 0 Å². The smallest absolute Gasteiger partial charge is 0.254 e. The van der Waals surface area contributed by atoms with Crippen LogP contribution in [0.3, 0.4) is 0 Å². The van der Waals surface area contributed by atoms with E-state index in [1.807, 2.05) is 6.92 Å². The zero-order valence-electron chi connectivity index (χ0n) is 7.81. The lowest BCUT2D eigenvalue weighted by molar-refractivity contribution is 0.0949. The van der Waals surface area contributed by atoms with Crippen molar-refractivity contribution in [2.24, 2.45) is 0 Å². The highest BCUT2D eigenvalue weighted by Gasteiger charge is 2.10. The number of halogens is 2. The van der Waals surface area contributed by atoms with Crippen LogP contribution in [-0.4, -0.2) is 12.5 Å². The molecule has 0 saturated heterocycles. The fraction of sp³-hybridized carbons (Fsp3) is 0.300. The van der Waals surface area contributed by atoms with Gasteiger partial charge in [0.15, 0.2) is 0 Å². The Morgan fingerprint density at radius 1 is 1.57 bits per heavy atom. The zero-order valence-corrected chi connectivity index (χ0v) is 8.57. The minimum atomic E-state index is -0.553. The second-order valence-electron chi connectivity index (χ2n) is 2.88. The van der Waals surface area contributed by atoms with Gasteiger partial charge in [-0.05, 0) is 24.6 Å². The predicted molar refractivity (Wildman–Crippen MR) is 54.0 cm³/mol. The number of amides is 1. The van der Waals surface area contributed by atoms with Crippen LogP contribution in [0.5, 0.6) is 0 Å². The molecule has 0 aliphatic heterocycles. The van der Waals surface area contributed by atoms with E-state index in [1.54, 1.807) is 0 Å². The average Bonchev–Trinajstić information content (AvgIpc) is 2.18. The summed E-state index contributed by atoms with van der Waals surface area (Å²) in [5.74, 6) is -0.977. The van der Waals surface area contributed by atoms with E-state index in [-0.39, 0.29) is 5.56 Å². The van der Waals surface area contributed by atoms with E-state index in [1.165, 1.54) is 18.2 Å². The molecule has 0 aliphatic rings. The first-order chi connectivity index (χ1) is 6.65. The number of hydrogen-bond donors (Lipinski definition) is 1. The molecule has 2 nitrogen and oxygen atoms in total. The standard InChI is InChI=1S/C10H11ClFNO/c1-2-5-13-10(14)8-6-7(11)3-4-9(8)12/h3-4,6H,2,5H2,1H3,(H,13,14). The lowest BCUT2D eigenvalue weighted by atomic mass is 10.2. The summed E-state index contributed by atoms with van der Waals surface area (Å²) in [6.07, 6.45) is 0.813. The fourth-order valence-corrected chi connectivity index (χ4v) is 1.18. The summed E-state index contributed by atoms with van der Waals surface area (Å²) in [6.45, 7) is 2.46. The molecule has 1 aromatic rings. The highest BCUT2D eigenvalue weighted by molar-refractivity contribution is 6.30. The van der Waals surface area contributed by atoms with Crippen LogP contribution in [0, 0.1) is 5.82 Å². The van der Waals surface area contributed by atoms with Crippen molar-refractivity contribution in [1.29, 1.82) is 0 Å². The van der Waals surface area contributed by atoms with Gasteiger partial charge in [-0.3, -0.25) is 4.79 Å². The number of hydrogen-bond acceptors (Lipinski definition) is 1. The first kappa shape index (κ1) is 11.0. The van der Waals surface area contributed by atoms with Crippen molar-refractivity contribution in [3.8, 4) is 0 Å². The molecular weight excluding hydrogens is 205 g/mol. The van der Waals surface area contributed by atoms with Gasteiger partial charge in [-0.25, -0.2) is 4.39 Å². The Balaban J connectivity index is 2.83. The molecule has 0 bridgehead atoms. The number of carbonyl (C=O) groups is 1. The summed E-state index contributed by atoms with van der Waals surface area (Å²) in [6, 6.07) is 3.92. The van der Waals surface area contributed by atoms with Crippen LogP contribution in [0.2, 0.25) is 5.02 Å². The molecule has 76 valence electrons. The minimum Gasteiger partial charge on any atom is -0.352 e. The first-order valence-corrected chi connectivity index (χ1v) is 4.76. The topological polar surface area (TPSA) is 29.1 Å². The molecule has 0 radical (unpaired) electrons. The van der Waals surface area contributed by atoms with Gasteiger partial charge in [0.05, 0.1) is 5.56 Å². The summed E-state index contributed by atoms with van der Waals surface area (Å²) in [7, 11) is 0. The number of benzene rings is 1. The van der Waals surface area contributed by atoms with Crippen LogP contribution in [0.4, 0.5) is 4.39 Å². The monoisotopic (exact) mass is 215 g/mol. The van der Waals surface area contributed by atoms with Crippen molar-refractivity contribution in [2.45, 2.75) is 13.3 Å². The van der Waals surface area contributed by atoms with Crippen LogP contribution < -0.4 is 5.32 Å². The van der Waals surface area contributed by atoms with Crippen molar-refractivity contribution in [2.75, 3.05) is 6.54 Å². The van der Waals surface area contributed by atoms with Crippen LogP contribution in [0.1, 0.15) is 23.7 Å². The van der Waals surface area contributed by atoms with Gasteiger partial charge in [-0.2, -0.15) is 0 Å². The SMILES string of the molecule is CCCNC(=O)c1cc(Cl)ccc1F. The molecule has 0 fully saturated rings. The van der Waals surface area contributed by atoms with E-state index in [9.17, 15) is 9.18 Å². The molecule has 1 rings (SSSR count). The second kappa shape index (κ2) is 4.96. The Kier molecular flexibility index (Phi) is 3.89. The number of rotatable bonds is 3. The van der Waals surface area contributed by atoms with Gasteiger partial charge in [-0.1, -0.05) is 18.5 Å². The largest absolute Gasteiger partial charge is 0.352 e. The first-order valence-electron chi connectivity index (χ1n) is 4.38. The molecule has 14 heavy (non-hydrogen) atoms. The summed E-state index contributed by atoms with van der Waals surface area (Å²) >= 11 is 5.65. The average molecular weight is 216 g/mol. The quantitative estimate of drug-likeness (QED) is 0.825. The molecule has 4 heteroatoms. The summed E-state index contributed by atoms with van der Waals surface area (Å²) in [5, 5.41) is 2.93. The Bertz CT molecular complexity index is 341. The van der Waals surface area contributed by atoms with Crippen molar-refractivity contribution in [3.05, 3.63) is 34.6 Å². The third-order valence-electron chi connectivity index (χ3n) is 1.71. The van der Waals surface area contributed by atoms with Gasteiger partial charge < -0.3 is 5.32 Å². The van der Waals surface area contributed by atoms with E-state index in [4.69, 9.17) is 11.6 Å². The van der Waals surface area contributed by atoms with E-state index < -0.39 is 11.7 Å². The predicted octanol–water partition coefficient (Wildman–Crippen LogP) is 2.62. The van der Waals surface area contributed by atoms with Gasteiger partial charge >= 0.3 is 0 Å². The Hall–Kier alpha value is -1.09. The van der Waals surface area contributed by atoms with Crippen LogP contribution in [0.25, 0.3) is 0 Å². The second-order valence-corrected chi connectivity index (χ2v) is 3.32. The van der Waals surface area contributed by atoms with Crippen molar-refractivity contribution in [1.82, 2.24) is 5.32 Å². The molecule has 0 heterocycles. The van der Waals surface area contributed by atoms with Crippen LogP contribution in [0.15, 0.2) is 18.2 Å². The summed E-state index contributed by atoms with van der Waals surface area (Å²) in [5.41, 5.74) is -0.00838. The maximum absolute atomic E-state index is 13.1. The molecule has 1 N–H and O–H groups in total. The maximum Gasteiger partial charge on any atom is 0.254 e. The van der Waals surface area contributed by atoms with Crippen LogP contribution >= 0.6 is 11.6 Å². The Morgan fingerprint density at radius 2 is 2.29 bits per heavy atom. The van der Waals surface area contributed by atoms with Crippen molar-refractivity contribution >= 4 is 17.5 Å². The van der Waals surface area contributed by atoms with Gasteiger partial charge in [0.2, 0.25) is 0 Å². The number of carbonyl (C=O) groups excluding carboxylic acids is 1.